The molecule has 4 heteroatoms. The molecule has 70 valence electrons. The third kappa shape index (κ3) is 1.29. The molecule has 3 nitrogen and oxygen atoms in total. The van der Waals surface area contributed by atoms with Gasteiger partial charge in [-0.3, -0.25) is 0 Å². The minimum atomic E-state index is -0.0247. The van der Waals surface area contributed by atoms with Crippen LogP contribution in [0.5, 0.6) is 11.5 Å². The molecule has 0 atom stereocenters. The van der Waals surface area contributed by atoms with Gasteiger partial charge in [0, 0.05) is 0 Å². The number of halogens is 1. The van der Waals surface area contributed by atoms with Crippen LogP contribution in [-0.4, -0.2) is 6.79 Å². The molecule has 1 aliphatic heterocycles. The van der Waals surface area contributed by atoms with Crippen LogP contribution in [0.15, 0.2) is 24.5 Å². The fourth-order valence-corrected chi connectivity index (χ4v) is 1.22. The third-order valence-corrected chi connectivity index (χ3v) is 1.91. The first-order valence-electron chi connectivity index (χ1n) is 3.95. The van der Waals surface area contributed by atoms with E-state index in [2.05, 4.69) is 0 Å². The smallest absolute Gasteiger partial charge is 0.231 e. The van der Waals surface area contributed by atoms with Crippen molar-refractivity contribution in [3.05, 3.63) is 30.1 Å². The molecule has 1 heterocycles. The third-order valence-electron chi connectivity index (χ3n) is 1.91. The van der Waals surface area contributed by atoms with E-state index < -0.39 is 0 Å². The Morgan fingerprint density at radius 3 is 2.93 bits per heavy atom. The Bertz CT molecular complexity index is 434. The van der Waals surface area contributed by atoms with E-state index in [0.29, 0.717) is 17.1 Å². The van der Waals surface area contributed by atoms with Gasteiger partial charge in [-0.25, -0.2) is 4.39 Å². The van der Waals surface area contributed by atoms with Gasteiger partial charge in [-0.1, -0.05) is 0 Å². The number of benzene rings is 1. The van der Waals surface area contributed by atoms with Crippen molar-refractivity contribution in [2.24, 2.45) is 0 Å². The minimum absolute atomic E-state index is 0.0247. The lowest BCUT2D eigenvalue weighted by molar-refractivity contribution is 0.174. The average Bonchev–Trinajstić information content (AvgIpc) is 2.66. The molecule has 2 rings (SSSR count). The predicted molar refractivity (Wildman–Crippen MR) is 47.3 cm³/mol. The Hall–Kier alpha value is -2.02. The molecule has 0 saturated heterocycles. The second-order valence-corrected chi connectivity index (χ2v) is 2.70. The van der Waals surface area contributed by atoms with Gasteiger partial charge in [-0.15, -0.1) is 0 Å². The van der Waals surface area contributed by atoms with E-state index in [9.17, 15) is 4.39 Å². The van der Waals surface area contributed by atoms with Crippen LogP contribution in [0.25, 0.3) is 5.57 Å². The van der Waals surface area contributed by atoms with Crippen molar-refractivity contribution >= 4 is 5.57 Å². The number of fused-ring (bicyclic) bond motifs is 1. The Labute approximate surface area is 80.0 Å². The molecule has 0 radical (unpaired) electrons. The maximum Gasteiger partial charge on any atom is 0.231 e. The SMILES string of the molecule is N#C/C(=C\F)c1ccc2c(c1)OCO2. The van der Waals surface area contributed by atoms with E-state index in [4.69, 9.17) is 14.7 Å². The summed E-state index contributed by atoms with van der Waals surface area (Å²) in [4.78, 5) is 0. The number of ether oxygens (including phenoxy) is 2. The standard InChI is InChI=1S/C10H6FNO2/c11-4-8(5-12)7-1-2-9-10(3-7)14-6-13-9/h1-4H,6H2/b8-4+. The van der Waals surface area contributed by atoms with Gasteiger partial charge in [-0.2, -0.15) is 5.26 Å². The Balaban J connectivity index is 2.43. The van der Waals surface area contributed by atoms with E-state index in [-0.39, 0.29) is 18.7 Å². The first kappa shape index (κ1) is 8.57. The lowest BCUT2D eigenvalue weighted by Crippen LogP contribution is -1.92. The molecule has 0 aliphatic carbocycles. The molecule has 0 spiro atoms. The topological polar surface area (TPSA) is 42.2 Å². The van der Waals surface area contributed by atoms with Gasteiger partial charge in [0.1, 0.15) is 12.4 Å². The van der Waals surface area contributed by atoms with Gasteiger partial charge in [0.2, 0.25) is 6.79 Å². The zero-order valence-corrected chi connectivity index (χ0v) is 7.16. The molecular formula is C10H6FNO2. The minimum Gasteiger partial charge on any atom is -0.454 e. The van der Waals surface area contributed by atoms with Gasteiger partial charge in [0.15, 0.2) is 11.5 Å². The molecule has 1 aliphatic rings. The number of nitrogens with zero attached hydrogens (tertiary/aromatic N) is 1. The number of hydrogen-bond donors (Lipinski definition) is 0. The summed E-state index contributed by atoms with van der Waals surface area (Å²) >= 11 is 0. The summed E-state index contributed by atoms with van der Waals surface area (Å²) in [6.45, 7) is 0.167. The molecule has 1 aromatic rings. The van der Waals surface area contributed by atoms with Crippen LogP contribution in [0, 0.1) is 11.3 Å². The average molecular weight is 191 g/mol. The largest absolute Gasteiger partial charge is 0.454 e. The molecular weight excluding hydrogens is 185 g/mol. The maximum atomic E-state index is 12.2. The van der Waals surface area contributed by atoms with Crippen LogP contribution >= 0.6 is 0 Å². The van der Waals surface area contributed by atoms with Crippen LogP contribution in [0.1, 0.15) is 5.56 Å². The summed E-state index contributed by atoms with van der Waals surface area (Å²) in [6, 6.07) is 6.59. The van der Waals surface area contributed by atoms with Gasteiger partial charge in [0.25, 0.3) is 0 Å². The second-order valence-electron chi connectivity index (χ2n) is 2.70. The van der Waals surface area contributed by atoms with Crippen molar-refractivity contribution in [3.8, 4) is 17.6 Å². The fourth-order valence-electron chi connectivity index (χ4n) is 1.22. The summed E-state index contributed by atoms with van der Waals surface area (Å²) in [7, 11) is 0. The number of allylic oxidation sites excluding steroid dienone is 1. The summed E-state index contributed by atoms with van der Waals surface area (Å²) < 4.78 is 22.4. The molecule has 0 bridgehead atoms. The Kier molecular flexibility index (Phi) is 2.07. The molecule has 0 aromatic heterocycles. The zero-order valence-electron chi connectivity index (χ0n) is 7.16. The van der Waals surface area contributed by atoms with Crippen LogP contribution < -0.4 is 9.47 Å². The lowest BCUT2D eigenvalue weighted by atomic mass is 10.1. The molecule has 0 fully saturated rings. The highest BCUT2D eigenvalue weighted by atomic mass is 19.1. The van der Waals surface area contributed by atoms with Crippen molar-refractivity contribution in [2.45, 2.75) is 0 Å². The number of hydrogen-bond acceptors (Lipinski definition) is 3. The van der Waals surface area contributed by atoms with E-state index >= 15 is 0 Å². The molecule has 0 N–H and O–H groups in total. The highest BCUT2D eigenvalue weighted by Crippen LogP contribution is 2.34. The summed E-state index contributed by atoms with van der Waals surface area (Å²) in [5.74, 6) is 1.15. The lowest BCUT2D eigenvalue weighted by Gasteiger charge is -1.99. The van der Waals surface area contributed by atoms with Gasteiger partial charge >= 0.3 is 0 Å². The first-order chi connectivity index (χ1) is 6.85. The van der Waals surface area contributed by atoms with E-state index in [1.807, 2.05) is 0 Å². The normalized spacial score (nSPS) is 13.9. The summed E-state index contributed by atoms with van der Waals surface area (Å²) in [6.07, 6.45) is 0.275. The number of nitriles is 1. The second kappa shape index (κ2) is 3.38. The van der Waals surface area contributed by atoms with Gasteiger partial charge in [0.05, 0.1) is 5.57 Å². The monoisotopic (exact) mass is 191 g/mol. The van der Waals surface area contributed by atoms with Gasteiger partial charge < -0.3 is 9.47 Å². The summed E-state index contributed by atoms with van der Waals surface area (Å²) in [5, 5.41) is 8.60. The molecule has 0 amide bonds. The predicted octanol–water partition coefficient (Wildman–Crippen LogP) is 2.25. The van der Waals surface area contributed by atoms with Crippen molar-refractivity contribution in [2.75, 3.05) is 6.79 Å². The van der Waals surface area contributed by atoms with Crippen molar-refractivity contribution in [3.63, 3.8) is 0 Å². The number of rotatable bonds is 1. The van der Waals surface area contributed by atoms with Crippen LogP contribution in [0.3, 0.4) is 0 Å². The van der Waals surface area contributed by atoms with Crippen LogP contribution in [-0.2, 0) is 0 Å². The zero-order chi connectivity index (χ0) is 9.97. The molecule has 0 saturated carbocycles. The van der Waals surface area contributed by atoms with E-state index in [1.165, 1.54) is 0 Å². The fraction of sp³-hybridized carbons (Fsp3) is 0.100. The van der Waals surface area contributed by atoms with Crippen LogP contribution in [0.2, 0.25) is 0 Å². The maximum absolute atomic E-state index is 12.2. The highest BCUT2D eigenvalue weighted by Gasteiger charge is 2.14. The van der Waals surface area contributed by atoms with Crippen molar-refractivity contribution in [1.82, 2.24) is 0 Å². The molecule has 14 heavy (non-hydrogen) atoms. The quantitative estimate of drug-likeness (QED) is 0.639. The van der Waals surface area contributed by atoms with E-state index in [0.717, 1.165) is 0 Å². The van der Waals surface area contributed by atoms with Crippen molar-refractivity contribution in [1.29, 1.82) is 5.26 Å². The highest BCUT2D eigenvalue weighted by molar-refractivity contribution is 5.77. The van der Waals surface area contributed by atoms with E-state index in [1.54, 1.807) is 24.3 Å². The van der Waals surface area contributed by atoms with Crippen LogP contribution in [0.4, 0.5) is 4.39 Å². The van der Waals surface area contributed by atoms with Crippen molar-refractivity contribution < 1.29 is 13.9 Å². The Morgan fingerprint density at radius 2 is 2.21 bits per heavy atom. The molecule has 1 aromatic carbocycles. The summed E-state index contributed by atoms with van der Waals surface area (Å²) in [5.41, 5.74) is 0.461. The van der Waals surface area contributed by atoms with Gasteiger partial charge in [-0.05, 0) is 23.8 Å². The first-order valence-corrected chi connectivity index (χ1v) is 3.95. The molecule has 0 unspecified atom stereocenters. The Morgan fingerprint density at radius 1 is 1.43 bits per heavy atom.